The number of aliphatic hydroxyl groups is 1. The standard InChI is InChI=1S/C22H29FN3O9P/c1-13(2)33-19(29)14(3)25-36(31,35-15-8-6-5-7-9-15)32-12-16-18(28)22(4,23)20(34-16)26-11-10-17(27)24-21(26)30/h5-11,13-14,16,18,20,28H,12H2,1-4H3,(H,25,31)(H,24,27,30)/t14-,16-,18+,20-,22-,36-/m0/s1. The lowest BCUT2D eigenvalue weighted by Crippen LogP contribution is -2.43. The molecule has 14 heteroatoms. The number of rotatable bonds is 10. The Morgan fingerprint density at radius 1 is 1.28 bits per heavy atom. The van der Waals surface area contributed by atoms with E-state index >= 15 is 4.39 Å². The summed E-state index contributed by atoms with van der Waals surface area (Å²) in [7, 11) is -4.30. The molecule has 36 heavy (non-hydrogen) atoms. The molecule has 0 aliphatic carbocycles. The van der Waals surface area contributed by atoms with Crippen LogP contribution in [0.25, 0.3) is 0 Å². The van der Waals surface area contributed by atoms with Gasteiger partial charge in [0.25, 0.3) is 5.56 Å². The summed E-state index contributed by atoms with van der Waals surface area (Å²) in [6.07, 6.45) is -4.21. The summed E-state index contributed by atoms with van der Waals surface area (Å²) in [4.78, 5) is 37.7. The van der Waals surface area contributed by atoms with Crippen LogP contribution in [-0.4, -0.2) is 57.3 Å². The van der Waals surface area contributed by atoms with E-state index in [1.165, 1.54) is 19.1 Å². The number of hydrogen-bond acceptors (Lipinski definition) is 9. The second-order valence-corrected chi connectivity index (χ2v) is 10.4. The van der Waals surface area contributed by atoms with Crippen LogP contribution >= 0.6 is 7.75 Å². The molecule has 1 aromatic heterocycles. The molecule has 1 aliphatic heterocycles. The predicted molar refractivity (Wildman–Crippen MR) is 125 cm³/mol. The van der Waals surface area contributed by atoms with E-state index < -0.39 is 67.8 Å². The van der Waals surface area contributed by atoms with Crippen LogP contribution in [0, 0.1) is 0 Å². The summed E-state index contributed by atoms with van der Waals surface area (Å²) in [5.74, 6) is -0.560. The van der Waals surface area contributed by atoms with Crippen molar-refractivity contribution in [3.05, 3.63) is 63.4 Å². The van der Waals surface area contributed by atoms with Gasteiger partial charge in [0.15, 0.2) is 11.9 Å². The van der Waals surface area contributed by atoms with Crippen LogP contribution in [-0.2, 0) is 23.4 Å². The van der Waals surface area contributed by atoms with E-state index in [1.54, 1.807) is 32.0 Å². The Hall–Kier alpha value is -2.83. The molecule has 2 aromatic rings. The number of carbonyl (C=O) groups excluding carboxylic acids is 1. The molecule has 198 valence electrons. The molecule has 1 fully saturated rings. The smallest absolute Gasteiger partial charge is 0.459 e. The fourth-order valence-electron chi connectivity index (χ4n) is 3.47. The molecule has 0 amide bonds. The number of ether oxygens (including phenoxy) is 2. The van der Waals surface area contributed by atoms with E-state index in [0.717, 1.165) is 23.8 Å². The second-order valence-electron chi connectivity index (χ2n) is 8.67. The number of hydrogen-bond donors (Lipinski definition) is 3. The van der Waals surface area contributed by atoms with Crippen LogP contribution in [0.2, 0.25) is 0 Å². The van der Waals surface area contributed by atoms with Gasteiger partial charge in [-0.15, -0.1) is 0 Å². The van der Waals surface area contributed by atoms with Gasteiger partial charge in [-0.25, -0.2) is 13.8 Å². The van der Waals surface area contributed by atoms with Crippen LogP contribution < -0.4 is 20.9 Å². The third-order valence-corrected chi connectivity index (χ3v) is 6.90. The van der Waals surface area contributed by atoms with Crippen LogP contribution in [0.4, 0.5) is 4.39 Å². The lowest BCUT2D eigenvalue weighted by Gasteiger charge is -2.25. The van der Waals surface area contributed by atoms with Gasteiger partial charge in [-0.05, 0) is 39.8 Å². The summed E-state index contributed by atoms with van der Waals surface area (Å²) < 4.78 is 51.4. The van der Waals surface area contributed by atoms with Gasteiger partial charge >= 0.3 is 19.4 Å². The SMILES string of the molecule is CC(C)OC(=O)[C@H](C)N[P@](=O)(OC[C@@H]1O[C@H](n2ccc(=O)[nH]c2=O)[C@@](C)(F)[C@@H]1O)Oc1ccccc1. The number of halogens is 1. The van der Waals surface area contributed by atoms with Crippen molar-refractivity contribution >= 4 is 13.7 Å². The zero-order valence-electron chi connectivity index (χ0n) is 20.1. The number of alkyl halides is 1. The number of H-pyrrole nitrogens is 1. The van der Waals surface area contributed by atoms with Crippen molar-refractivity contribution in [1.29, 1.82) is 0 Å². The maximum absolute atomic E-state index is 15.4. The Morgan fingerprint density at radius 2 is 1.94 bits per heavy atom. The van der Waals surface area contributed by atoms with Gasteiger partial charge in [-0.1, -0.05) is 18.2 Å². The van der Waals surface area contributed by atoms with Crippen LogP contribution in [0.1, 0.15) is 33.9 Å². The molecule has 0 saturated carbocycles. The molecule has 6 atom stereocenters. The number of benzene rings is 1. The molecule has 0 bridgehead atoms. The number of aliphatic hydroxyl groups excluding tert-OH is 1. The Bertz CT molecular complexity index is 1220. The maximum Gasteiger partial charge on any atom is 0.459 e. The van der Waals surface area contributed by atoms with Gasteiger partial charge in [0, 0.05) is 12.3 Å². The van der Waals surface area contributed by atoms with Gasteiger partial charge in [-0.2, -0.15) is 5.09 Å². The minimum absolute atomic E-state index is 0.152. The van der Waals surface area contributed by atoms with E-state index in [1.807, 2.05) is 4.98 Å². The van der Waals surface area contributed by atoms with Gasteiger partial charge in [-0.3, -0.25) is 23.7 Å². The fourth-order valence-corrected chi connectivity index (χ4v) is 4.97. The highest BCUT2D eigenvalue weighted by Gasteiger charge is 2.55. The fraction of sp³-hybridized carbons (Fsp3) is 0.500. The number of esters is 1. The molecular weight excluding hydrogens is 500 g/mol. The predicted octanol–water partition coefficient (Wildman–Crippen LogP) is 1.66. The molecule has 3 N–H and O–H groups in total. The molecule has 1 aliphatic rings. The normalized spacial score (nSPS) is 26.4. The molecule has 3 rings (SSSR count). The Balaban J connectivity index is 1.80. The molecule has 1 aromatic carbocycles. The second kappa shape index (κ2) is 11.1. The summed E-state index contributed by atoms with van der Waals surface area (Å²) in [5, 5.41) is 13.0. The first-order valence-corrected chi connectivity index (χ1v) is 12.7. The van der Waals surface area contributed by atoms with Crippen molar-refractivity contribution in [3.63, 3.8) is 0 Å². The van der Waals surface area contributed by atoms with E-state index in [-0.39, 0.29) is 5.75 Å². The maximum atomic E-state index is 15.4. The van der Waals surface area contributed by atoms with Crippen LogP contribution in [0.3, 0.4) is 0 Å². The number of para-hydroxylation sites is 1. The van der Waals surface area contributed by atoms with Crippen molar-refractivity contribution in [2.45, 2.75) is 63.9 Å². The van der Waals surface area contributed by atoms with Crippen molar-refractivity contribution < 1.29 is 37.4 Å². The van der Waals surface area contributed by atoms with Crippen molar-refractivity contribution in [3.8, 4) is 5.75 Å². The first-order chi connectivity index (χ1) is 16.8. The molecule has 0 spiro atoms. The third-order valence-electron chi connectivity index (χ3n) is 5.26. The third kappa shape index (κ3) is 6.48. The van der Waals surface area contributed by atoms with Gasteiger partial charge in [0.1, 0.15) is 24.0 Å². The zero-order valence-corrected chi connectivity index (χ0v) is 21.0. The highest BCUT2D eigenvalue weighted by molar-refractivity contribution is 7.52. The lowest BCUT2D eigenvalue weighted by atomic mass is 9.98. The number of carbonyl (C=O) groups is 1. The molecular formula is C22H29FN3O9P. The van der Waals surface area contributed by atoms with E-state index in [2.05, 4.69) is 5.09 Å². The quantitative estimate of drug-likeness (QED) is 0.305. The lowest BCUT2D eigenvalue weighted by molar-refractivity contribution is -0.149. The number of nitrogens with zero attached hydrogens (tertiary/aromatic N) is 1. The van der Waals surface area contributed by atoms with E-state index in [0.29, 0.717) is 0 Å². The largest absolute Gasteiger partial charge is 0.462 e. The Morgan fingerprint density at radius 3 is 2.56 bits per heavy atom. The van der Waals surface area contributed by atoms with Crippen molar-refractivity contribution in [1.82, 2.24) is 14.6 Å². The van der Waals surface area contributed by atoms with Gasteiger partial charge < -0.3 is 19.1 Å². The Kier molecular flexibility index (Phi) is 8.52. The van der Waals surface area contributed by atoms with Crippen LogP contribution in [0.15, 0.2) is 52.2 Å². The highest BCUT2D eigenvalue weighted by atomic mass is 31.2. The number of aromatic nitrogens is 2. The first kappa shape index (κ1) is 27.8. The minimum atomic E-state index is -4.30. The van der Waals surface area contributed by atoms with Gasteiger partial charge in [0.05, 0.1) is 12.7 Å². The van der Waals surface area contributed by atoms with Gasteiger partial charge in [0.2, 0.25) is 0 Å². The summed E-state index contributed by atoms with van der Waals surface area (Å²) in [6.45, 7) is 5.07. The zero-order chi connectivity index (χ0) is 26.7. The highest BCUT2D eigenvalue weighted by Crippen LogP contribution is 2.47. The number of nitrogens with one attached hydrogen (secondary N) is 2. The molecule has 1 saturated heterocycles. The summed E-state index contributed by atoms with van der Waals surface area (Å²) in [6, 6.07) is 7.86. The molecule has 0 radical (unpaired) electrons. The summed E-state index contributed by atoms with van der Waals surface area (Å²) in [5.41, 5.74) is -4.12. The van der Waals surface area contributed by atoms with E-state index in [4.69, 9.17) is 18.5 Å². The minimum Gasteiger partial charge on any atom is -0.462 e. The molecule has 12 nitrogen and oxygen atoms in total. The van der Waals surface area contributed by atoms with Crippen LogP contribution in [0.5, 0.6) is 5.75 Å². The number of aromatic amines is 1. The molecule has 2 heterocycles. The average Bonchev–Trinajstić information content (AvgIpc) is 3.01. The first-order valence-electron chi connectivity index (χ1n) is 11.1. The Labute approximate surface area is 205 Å². The van der Waals surface area contributed by atoms with Crippen molar-refractivity contribution in [2.24, 2.45) is 0 Å². The molecule has 0 unspecified atom stereocenters. The average molecular weight is 529 g/mol. The topological polar surface area (TPSA) is 158 Å². The van der Waals surface area contributed by atoms with E-state index in [9.17, 15) is 24.1 Å². The monoisotopic (exact) mass is 529 g/mol. The summed E-state index contributed by atoms with van der Waals surface area (Å²) >= 11 is 0. The van der Waals surface area contributed by atoms with Crippen molar-refractivity contribution in [2.75, 3.05) is 6.61 Å².